The number of nitrogens with two attached hydrogens (primary N) is 1. The largest absolute Gasteiger partial charge is 0.440 e. The monoisotopic (exact) mass is 448 g/mol. The van der Waals surface area contributed by atoms with Gasteiger partial charge in [-0.15, -0.1) is 0 Å². The number of urea groups is 1. The highest BCUT2D eigenvalue weighted by molar-refractivity contribution is 5.91. The third-order valence-electron chi connectivity index (χ3n) is 5.63. The highest BCUT2D eigenvalue weighted by Crippen LogP contribution is 2.29. The zero-order valence-electron chi connectivity index (χ0n) is 17.6. The van der Waals surface area contributed by atoms with Gasteiger partial charge in [0, 0.05) is 31.0 Å². The summed E-state index contributed by atoms with van der Waals surface area (Å²) in [5, 5.41) is 7.05. The van der Waals surface area contributed by atoms with Crippen LogP contribution < -0.4 is 11.1 Å². The number of primary amides is 1. The lowest BCUT2D eigenvalue weighted by molar-refractivity contribution is 0.0995. The number of nitrogens with zero attached hydrogens (tertiary/aromatic N) is 4. The Morgan fingerprint density at radius 2 is 2.06 bits per heavy atom. The molecule has 168 valence electrons. The Labute approximate surface area is 188 Å². The van der Waals surface area contributed by atoms with Crippen molar-refractivity contribution in [2.45, 2.75) is 18.8 Å². The number of oxazole rings is 1. The van der Waals surface area contributed by atoms with Gasteiger partial charge in [0.25, 0.3) is 5.91 Å². The molecule has 1 aliphatic heterocycles. The van der Waals surface area contributed by atoms with Gasteiger partial charge in [-0.2, -0.15) is 5.10 Å². The van der Waals surface area contributed by atoms with Gasteiger partial charge in [-0.05, 0) is 49.2 Å². The minimum Gasteiger partial charge on any atom is -0.440 e. The normalized spacial score (nSPS) is 16.2. The average molecular weight is 448 g/mol. The summed E-state index contributed by atoms with van der Waals surface area (Å²) in [6.07, 6.45) is 3.26. The van der Waals surface area contributed by atoms with Crippen LogP contribution in [-0.4, -0.2) is 44.7 Å². The summed E-state index contributed by atoms with van der Waals surface area (Å²) in [5.74, 6) is -0.540. The Hall–Kier alpha value is -4.21. The van der Waals surface area contributed by atoms with Crippen LogP contribution in [0.4, 0.5) is 14.9 Å². The number of piperidine rings is 1. The van der Waals surface area contributed by atoms with E-state index in [1.807, 2.05) is 0 Å². The molecule has 4 aromatic rings. The Balaban J connectivity index is 1.28. The van der Waals surface area contributed by atoms with E-state index in [1.54, 1.807) is 41.4 Å². The molecule has 2 aromatic carbocycles. The van der Waals surface area contributed by atoms with Crippen LogP contribution in [-0.2, 0) is 0 Å². The molecule has 33 heavy (non-hydrogen) atoms. The lowest BCUT2D eigenvalue weighted by Crippen LogP contribution is -2.41. The minimum absolute atomic E-state index is 0.0670. The van der Waals surface area contributed by atoms with Gasteiger partial charge >= 0.3 is 6.03 Å². The number of amides is 3. The van der Waals surface area contributed by atoms with Gasteiger partial charge in [-0.25, -0.2) is 18.9 Å². The highest BCUT2D eigenvalue weighted by atomic mass is 19.1. The van der Waals surface area contributed by atoms with Crippen molar-refractivity contribution in [2.75, 3.05) is 18.4 Å². The Morgan fingerprint density at radius 3 is 2.88 bits per heavy atom. The van der Waals surface area contributed by atoms with E-state index in [0.29, 0.717) is 41.5 Å². The van der Waals surface area contributed by atoms with Gasteiger partial charge in [0.15, 0.2) is 11.5 Å². The number of aromatic nitrogens is 3. The van der Waals surface area contributed by atoms with Crippen LogP contribution in [0, 0.1) is 5.82 Å². The Kier molecular flexibility index (Phi) is 5.25. The number of carbonyl (C=O) groups excluding carboxylic acids is 2. The molecule has 0 radical (unpaired) electrons. The predicted molar refractivity (Wildman–Crippen MR) is 119 cm³/mol. The molecule has 0 saturated carbocycles. The van der Waals surface area contributed by atoms with Crippen molar-refractivity contribution in [2.24, 2.45) is 5.73 Å². The average Bonchev–Trinajstić information content (AvgIpc) is 3.47. The molecule has 9 nitrogen and oxygen atoms in total. The van der Waals surface area contributed by atoms with Crippen molar-refractivity contribution in [1.29, 1.82) is 0 Å². The second kappa shape index (κ2) is 8.38. The summed E-state index contributed by atoms with van der Waals surface area (Å²) in [4.78, 5) is 30.4. The third kappa shape index (κ3) is 4.27. The topological polar surface area (TPSA) is 119 Å². The Morgan fingerprint density at radius 1 is 1.18 bits per heavy atom. The maximum Gasteiger partial charge on any atom is 0.321 e. The molecular weight excluding hydrogens is 427 g/mol. The first kappa shape index (κ1) is 20.7. The smallest absolute Gasteiger partial charge is 0.321 e. The molecule has 1 fully saturated rings. The zero-order valence-corrected chi connectivity index (χ0v) is 17.6. The number of nitrogens with one attached hydrogen (secondary N) is 1. The summed E-state index contributed by atoms with van der Waals surface area (Å²) in [7, 11) is 0. The number of anilines is 1. The van der Waals surface area contributed by atoms with Crippen molar-refractivity contribution in [1.82, 2.24) is 19.7 Å². The van der Waals surface area contributed by atoms with Crippen LogP contribution in [0.1, 0.15) is 35.1 Å². The van der Waals surface area contributed by atoms with E-state index in [4.69, 9.17) is 10.2 Å². The second-order valence-corrected chi connectivity index (χ2v) is 7.94. The van der Waals surface area contributed by atoms with Crippen LogP contribution in [0.3, 0.4) is 0 Å². The molecule has 1 atom stereocenters. The van der Waals surface area contributed by atoms with Crippen LogP contribution in [0.5, 0.6) is 0 Å². The van der Waals surface area contributed by atoms with E-state index in [0.717, 1.165) is 12.8 Å². The first-order chi connectivity index (χ1) is 16.0. The molecule has 5 rings (SSSR count). The molecule has 3 amide bonds. The van der Waals surface area contributed by atoms with Gasteiger partial charge in [-0.1, -0.05) is 6.07 Å². The van der Waals surface area contributed by atoms with Gasteiger partial charge < -0.3 is 20.4 Å². The number of benzene rings is 2. The number of rotatable bonds is 4. The van der Waals surface area contributed by atoms with Gasteiger partial charge in [0.1, 0.15) is 17.0 Å². The van der Waals surface area contributed by atoms with Gasteiger partial charge in [-0.3, -0.25) is 4.79 Å². The van der Waals surface area contributed by atoms with E-state index in [2.05, 4.69) is 15.4 Å². The van der Waals surface area contributed by atoms with Crippen molar-refractivity contribution in [3.8, 4) is 5.69 Å². The van der Waals surface area contributed by atoms with Crippen LogP contribution in [0.2, 0.25) is 0 Å². The maximum absolute atomic E-state index is 13.5. The number of hydrogen-bond donors (Lipinski definition) is 2. The summed E-state index contributed by atoms with van der Waals surface area (Å²) < 4.78 is 20.7. The van der Waals surface area contributed by atoms with Crippen molar-refractivity contribution < 1.29 is 18.4 Å². The fourth-order valence-corrected chi connectivity index (χ4v) is 3.98. The molecule has 0 bridgehead atoms. The maximum atomic E-state index is 13.5. The molecule has 1 unspecified atom stereocenters. The molecule has 2 aromatic heterocycles. The number of hydrogen-bond acceptors (Lipinski definition) is 5. The first-order valence-corrected chi connectivity index (χ1v) is 10.5. The van der Waals surface area contributed by atoms with E-state index >= 15 is 0 Å². The molecular formula is C23H21FN6O3. The molecule has 0 aliphatic carbocycles. The first-order valence-electron chi connectivity index (χ1n) is 10.5. The van der Waals surface area contributed by atoms with Gasteiger partial charge in [0.05, 0.1) is 11.6 Å². The van der Waals surface area contributed by atoms with Crippen molar-refractivity contribution in [3.05, 3.63) is 72.1 Å². The van der Waals surface area contributed by atoms with Crippen LogP contribution in [0.25, 0.3) is 16.8 Å². The summed E-state index contributed by atoms with van der Waals surface area (Å²) in [6.45, 7) is 1.06. The summed E-state index contributed by atoms with van der Waals surface area (Å²) in [6, 6.07) is 12.7. The van der Waals surface area contributed by atoms with Crippen LogP contribution >= 0.6 is 0 Å². The minimum atomic E-state index is -0.609. The summed E-state index contributed by atoms with van der Waals surface area (Å²) >= 11 is 0. The number of halogens is 1. The lowest BCUT2D eigenvalue weighted by Gasteiger charge is -2.31. The molecule has 3 heterocycles. The number of fused-ring (bicyclic) bond motifs is 1. The van der Waals surface area contributed by atoms with Crippen molar-refractivity contribution in [3.63, 3.8) is 0 Å². The summed E-state index contributed by atoms with van der Waals surface area (Å²) in [5.41, 5.74) is 7.69. The predicted octanol–water partition coefficient (Wildman–Crippen LogP) is 3.66. The highest BCUT2D eigenvalue weighted by Gasteiger charge is 2.28. The lowest BCUT2D eigenvalue weighted by atomic mass is 9.98. The molecule has 1 saturated heterocycles. The number of likely N-dealkylation sites (tertiary alicyclic amines) is 1. The fraction of sp³-hybridized carbons (Fsp3) is 0.217. The van der Waals surface area contributed by atoms with Crippen molar-refractivity contribution >= 4 is 28.7 Å². The SMILES string of the molecule is NC(=O)c1ccn(-c2cccc(NC(=O)N3CCCC(c4nc5ccc(F)cc5o4)C3)c2)n1. The Bertz CT molecular complexity index is 1350. The van der Waals surface area contributed by atoms with E-state index < -0.39 is 5.91 Å². The zero-order chi connectivity index (χ0) is 22.9. The molecule has 3 N–H and O–H groups in total. The quantitative estimate of drug-likeness (QED) is 0.494. The fourth-order valence-electron chi connectivity index (χ4n) is 3.98. The third-order valence-corrected chi connectivity index (χ3v) is 5.63. The van der Waals surface area contributed by atoms with E-state index in [1.165, 1.54) is 22.9 Å². The van der Waals surface area contributed by atoms with Gasteiger partial charge in [0.2, 0.25) is 0 Å². The van der Waals surface area contributed by atoms with Crippen LogP contribution in [0.15, 0.2) is 59.1 Å². The molecule has 1 aliphatic rings. The number of carbonyl (C=O) groups is 2. The second-order valence-electron chi connectivity index (χ2n) is 7.94. The van der Waals surface area contributed by atoms with E-state index in [-0.39, 0.29) is 23.5 Å². The van der Waals surface area contributed by atoms with E-state index in [9.17, 15) is 14.0 Å². The molecule has 10 heteroatoms. The molecule has 0 spiro atoms. The standard InChI is InChI=1S/C23H21FN6O3/c24-15-6-7-18-20(11-15)33-22(27-18)14-3-2-9-29(13-14)23(32)26-16-4-1-5-17(12-16)30-10-8-19(28-30)21(25)31/h1,4-8,10-12,14H,2-3,9,13H2,(H2,25,31)(H,26,32).